The number of rotatable bonds is 3. The first-order valence-corrected chi connectivity index (χ1v) is 5.30. The Morgan fingerprint density at radius 2 is 2.00 bits per heavy atom. The number of nitrogens with zero attached hydrogens (tertiary/aromatic N) is 1. The smallest absolute Gasteiger partial charge is 0.419 e. The average Bonchev–Trinajstić information content (AvgIpc) is 2.49. The van der Waals surface area contributed by atoms with Crippen molar-refractivity contribution in [3.05, 3.63) is 11.8 Å². The van der Waals surface area contributed by atoms with Crippen LogP contribution in [0.5, 0.6) is 0 Å². The van der Waals surface area contributed by atoms with E-state index in [1.807, 2.05) is 0 Å². The van der Waals surface area contributed by atoms with E-state index in [-0.39, 0.29) is 5.70 Å². The molecule has 0 unspecified atom stereocenters. The van der Waals surface area contributed by atoms with E-state index < -0.39 is 23.6 Å². The van der Waals surface area contributed by atoms with Crippen molar-refractivity contribution in [2.24, 2.45) is 0 Å². The Hall–Kier alpha value is -1.60. The normalized spacial score (nSPS) is 32.4. The van der Waals surface area contributed by atoms with Crippen LogP contribution in [0, 0.1) is 0 Å². The maximum atomic E-state index is 11.8. The number of hydrogen-bond acceptors (Lipinski definition) is 6. The van der Waals surface area contributed by atoms with Crippen molar-refractivity contribution < 1.29 is 28.9 Å². The van der Waals surface area contributed by atoms with E-state index in [4.69, 9.17) is 9.47 Å². The number of aliphatic hydroxyl groups is 1. The molecule has 1 heterocycles. The van der Waals surface area contributed by atoms with Crippen molar-refractivity contribution in [3.8, 4) is 0 Å². The largest absolute Gasteiger partial charge is 0.464 e. The van der Waals surface area contributed by atoms with E-state index in [1.165, 1.54) is 41.1 Å². The summed E-state index contributed by atoms with van der Waals surface area (Å²) in [6.07, 6.45) is 0.464. The van der Waals surface area contributed by atoms with Gasteiger partial charge in [0.25, 0.3) is 5.79 Å². The summed E-state index contributed by atoms with van der Waals surface area (Å²) in [5.74, 6) is -2.33. The summed E-state index contributed by atoms with van der Waals surface area (Å²) in [6, 6.07) is 0. The molecular formula is C11H17NO6. The Balaban J connectivity index is 3.25. The van der Waals surface area contributed by atoms with Gasteiger partial charge in [-0.2, -0.15) is 0 Å². The number of cyclic esters (lactones) is 1. The minimum atomic E-state index is -1.84. The van der Waals surface area contributed by atoms with Gasteiger partial charge in [-0.25, -0.2) is 14.5 Å². The van der Waals surface area contributed by atoms with Crippen LogP contribution in [-0.2, 0) is 19.0 Å². The first-order chi connectivity index (χ1) is 8.25. The van der Waals surface area contributed by atoms with E-state index in [1.54, 1.807) is 0 Å². The van der Waals surface area contributed by atoms with Gasteiger partial charge in [-0.15, -0.1) is 0 Å². The van der Waals surface area contributed by atoms with Gasteiger partial charge in [-0.3, -0.25) is 0 Å². The molecule has 0 bridgehead atoms. The van der Waals surface area contributed by atoms with Gasteiger partial charge in [-0.05, 0) is 13.8 Å². The minimum absolute atomic E-state index is 0.117. The van der Waals surface area contributed by atoms with E-state index in [0.717, 1.165) is 4.90 Å². The van der Waals surface area contributed by atoms with Crippen molar-refractivity contribution in [3.63, 3.8) is 0 Å². The van der Waals surface area contributed by atoms with Crippen LogP contribution >= 0.6 is 0 Å². The number of esters is 1. The Morgan fingerprint density at radius 3 is 2.33 bits per heavy atom. The number of ether oxygens (including phenoxy) is 3. The van der Waals surface area contributed by atoms with Crippen LogP contribution in [0.25, 0.3) is 0 Å². The molecule has 0 aromatic heterocycles. The van der Waals surface area contributed by atoms with Crippen LogP contribution in [0.1, 0.15) is 20.8 Å². The van der Waals surface area contributed by atoms with Crippen LogP contribution in [0.3, 0.4) is 0 Å². The molecule has 0 aromatic carbocycles. The molecule has 1 fully saturated rings. The van der Waals surface area contributed by atoms with Crippen molar-refractivity contribution in [2.45, 2.75) is 32.3 Å². The van der Waals surface area contributed by atoms with Gasteiger partial charge in [0.2, 0.25) is 5.72 Å². The molecule has 7 heteroatoms. The highest BCUT2D eigenvalue weighted by Crippen LogP contribution is 2.40. The molecule has 1 N–H and O–H groups in total. The lowest BCUT2D eigenvalue weighted by atomic mass is 10.1. The van der Waals surface area contributed by atoms with Gasteiger partial charge in [0.15, 0.2) is 0 Å². The number of amides is 1. The molecule has 0 aromatic rings. The van der Waals surface area contributed by atoms with Crippen molar-refractivity contribution >= 4 is 12.1 Å². The maximum absolute atomic E-state index is 11.8. The predicted molar refractivity (Wildman–Crippen MR) is 60.1 cm³/mol. The lowest BCUT2D eigenvalue weighted by Crippen LogP contribution is -2.56. The van der Waals surface area contributed by atoms with Crippen LogP contribution in [0.4, 0.5) is 4.79 Å². The van der Waals surface area contributed by atoms with Gasteiger partial charge in [0, 0.05) is 14.0 Å². The van der Waals surface area contributed by atoms with Gasteiger partial charge in [-0.1, -0.05) is 6.08 Å². The molecule has 1 amide bonds. The quantitative estimate of drug-likeness (QED) is 0.589. The summed E-state index contributed by atoms with van der Waals surface area (Å²) in [7, 11) is 2.47. The fourth-order valence-corrected chi connectivity index (χ4v) is 1.70. The molecule has 0 spiro atoms. The summed E-state index contributed by atoms with van der Waals surface area (Å²) in [6.45, 7) is 4.25. The summed E-state index contributed by atoms with van der Waals surface area (Å²) in [5.41, 5.74) is -1.96. The molecule has 0 radical (unpaired) electrons. The van der Waals surface area contributed by atoms with Gasteiger partial charge in [0.05, 0.1) is 7.11 Å². The Bertz CT molecular complexity index is 402. The van der Waals surface area contributed by atoms with E-state index in [0.29, 0.717) is 0 Å². The predicted octanol–water partition coefficient (Wildman–Crippen LogP) is 0.587. The number of allylic oxidation sites excluding steroid dienone is 1. The molecule has 102 valence electrons. The number of carbonyl (C=O) groups excluding carboxylic acids is 2. The van der Waals surface area contributed by atoms with E-state index in [2.05, 4.69) is 4.74 Å². The SMILES string of the molecule is C/C=C(/C(=O)OC)N1C(=O)O[C@@](C)(OC)[C@]1(C)O. The fraction of sp³-hybridized carbons (Fsp3) is 0.636. The van der Waals surface area contributed by atoms with Gasteiger partial charge >= 0.3 is 12.1 Å². The molecule has 0 saturated carbocycles. The molecule has 1 saturated heterocycles. The van der Waals surface area contributed by atoms with Crippen molar-refractivity contribution in [1.82, 2.24) is 4.90 Å². The molecule has 7 nitrogen and oxygen atoms in total. The summed E-state index contributed by atoms with van der Waals surface area (Å²) in [4.78, 5) is 24.2. The Labute approximate surface area is 105 Å². The second-order valence-corrected chi connectivity index (χ2v) is 4.04. The zero-order valence-electron chi connectivity index (χ0n) is 11.0. The lowest BCUT2D eigenvalue weighted by Gasteiger charge is -2.35. The summed E-state index contributed by atoms with van der Waals surface area (Å²) < 4.78 is 14.5. The highest BCUT2D eigenvalue weighted by molar-refractivity contribution is 5.93. The molecule has 1 rings (SSSR count). The molecule has 0 aliphatic carbocycles. The molecule has 18 heavy (non-hydrogen) atoms. The first-order valence-electron chi connectivity index (χ1n) is 5.30. The van der Waals surface area contributed by atoms with E-state index >= 15 is 0 Å². The third-order valence-electron chi connectivity index (χ3n) is 3.06. The van der Waals surface area contributed by atoms with Gasteiger partial charge < -0.3 is 19.3 Å². The van der Waals surface area contributed by atoms with Crippen molar-refractivity contribution in [2.75, 3.05) is 14.2 Å². The van der Waals surface area contributed by atoms with Gasteiger partial charge in [0.1, 0.15) is 5.70 Å². The lowest BCUT2D eigenvalue weighted by molar-refractivity contribution is -0.258. The fourth-order valence-electron chi connectivity index (χ4n) is 1.70. The Kier molecular flexibility index (Phi) is 3.68. The maximum Gasteiger partial charge on any atom is 0.419 e. The molecule has 1 aliphatic rings. The van der Waals surface area contributed by atoms with Crippen LogP contribution in [0.15, 0.2) is 11.8 Å². The standard InChI is InChI=1S/C11H17NO6/c1-6-7(8(13)16-4)12-9(14)18-11(3,17-5)10(12,2)15/h6,15H,1-5H3/b7-6-/t10-,11+/m0/s1. The highest BCUT2D eigenvalue weighted by Gasteiger charge is 2.62. The van der Waals surface area contributed by atoms with E-state index in [9.17, 15) is 14.7 Å². The number of hydrogen-bond donors (Lipinski definition) is 1. The zero-order valence-corrected chi connectivity index (χ0v) is 11.0. The second kappa shape index (κ2) is 4.58. The zero-order chi connectivity index (χ0) is 14.1. The second-order valence-electron chi connectivity index (χ2n) is 4.04. The number of carbonyl (C=O) groups is 2. The Morgan fingerprint density at radius 1 is 1.44 bits per heavy atom. The summed E-state index contributed by atoms with van der Waals surface area (Å²) in [5, 5.41) is 10.4. The first kappa shape index (κ1) is 14.5. The summed E-state index contributed by atoms with van der Waals surface area (Å²) >= 11 is 0. The monoisotopic (exact) mass is 259 g/mol. The highest BCUT2D eigenvalue weighted by atomic mass is 16.8. The third-order valence-corrected chi connectivity index (χ3v) is 3.06. The van der Waals surface area contributed by atoms with Crippen molar-refractivity contribution in [1.29, 1.82) is 0 Å². The minimum Gasteiger partial charge on any atom is -0.464 e. The molecular weight excluding hydrogens is 242 g/mol. The van der Waals surface area contributed by atoms with Crippen LogP contribution in [-0.4, -0.2) is 47.8 Å². The molecule has 2 atom stereocenters. The molecule has 1 aliphatic heterocycles. The number of methoxy groups -OCH3 is 2. The third kappa shape index (κ3) is 1.85. The van der Waals surface area contributed by atoms with Crippen LogP contribution in [0.2, 0.25) is 0 Å². The average molecular weight is 259 g/mol. The topological polar surface area (TPSA) is 85.3 Å². The van der Waals surface area contributed by atoms with Crippen LogP contribution < -0.4 is 0 Å².